The van der Waals surface area contributed by atoms with Crippen molar-refractivity contribution in [1.29, 1.82) is 0 Å². The molecule has 0 amide bonds. The molecule has 0 radical (unpaired) electrons. The van der Waals surface area contributed by atoms with Gasteiger partial charge in [0.2, 0.25) is 0 Å². The first-order valence-corrected chi connectivity index (χ1v) is 7.36. The molecule has 0 aromatic rings. The van der Waals surface area contributed by atoms with E-state index in [1.54, 1.807) is 12.2 Å². The molecule has 0 aliphatic carbocycles. The van der Waals surface area contributed by atoms with Gasteiger partial charge in [0.15, 0.2) is 0 Å². The van der Waals surface area contributed by atoms with Crippen molar-refractivity contribution in [3.8, 4) is 0 Å². The Balaban J connectivity index is 2.82. The number of rotatable bonds is 1. The number of methoxy groups -OCH3 is 1. The highest BCUT2D eigenvalue weighted by Gasteiger charge is 2.28. The highest BCUT2D eigenvalue weighted by atomic mass is 19.3. The lowest BCUT2D eigenvalue weighted by Crippen LogP contribution is -2.31. The first-order chi connectivity index (χ1) is 9.85. The maximum Gasteiger partial charge on any atom is 0.250 e. The van der Waals surface area contributed by atoms with E-state index in [0.29, 0.717) is 6.61 Å². The van der Waals surface area contributed by atoms with Crippen molar-refractivity contribution in [2.45, 2.75) is 51.2 Å². The van der Waals surface area contributed by atoms with Gasteiger partial charge in [0.25, 0.3) is 5.92 Å². The van der Waals surface area contributed by atoms with Crippen molar-refractivity contribution < 1.29 is 23.4 Å². The largest absolute Gasteiger partial charge is 0.389 e. The van der Waals surface area contributed by atoms with Crippen molar-refractivity contribution in [2.24, 2.45) is 5.92 Å². The molecule has 1 N–H and O–H groups in total. The number of alkyl halides is 2. The van der Waals surface area contributed by atoms with Gasteiger partial charge in [0.05, 0.1) is 19.3 Å². The number of aliphatic hydroxyl groups is 1. The monoisotopic (exact) mass is 304 g/mol. The van der Waals surface area contributed by atoms with Crippen LogP contribution >= 0.6 is 0 Å². The topological polar surface area (TPSA) is 38.7 Å². The Bertz CT molecular complexity index is 367. The van der Waals surface area contributed by atoms with Gasteiger partial charge in [0, 0.05) is 25.9 Å². The van der Waals surface area contributed by atoms with Crippen LogP contribution in [-0.2, 0) is 9.47 Å². The summed E-state index contributed by atoms with van der Waals surface area (Å²) in [7, 11) is 1.50. The van der Waals surface area contributed by atoms with Gasteiger partial charge in [-0.3, -0.25) is 0 Å². The number of halogens is 2. The van der Waals surface area contributed by atoms with Crippen LogP contribution in [0.4, 0.5) is 8.78 Å². The molecule has 0 fully saturated rings. The Kier molecular flexibility index (Phi) is 7.49. The molecule has 1 heterocycles. The maximum atomic E-state index is 13.6. The van der Waals surface area contributed by atoms with E-state index >= 15 is 0 Å². The van der Waals surface area contributed by atoms with Crippen LogP contribution in [0.1, 0.15) is 33.1 Å². The second-order valence-corrected chi connectivity index (χ2v) is 5.69. The average Bonchev–Trinajstić information content (AvgIpc) is 2.42. The maximum absolute atomic E-state index is 13.6. The van der Waals surface area contributed by atoms with Crippen molar-refractivity contribution in [3.63, 3.8) is 0 Å². The minimum Gasteiger partial charge on any atom is -0.389 e. The first kappa shape index (κ1) is 18.3. The van der Waals surface area contributed by atoms with Crippen molar-refractivity contribution in [2.75, 3.05) is 20.3 Å². The summed E-state index contributed by atoms with van der Waals surface area (Å²) >= 11 is 0. The molecule has 0 bridgehead atoms. The van der Waals surface area contributed by atoms with Gasteiger partial charge in [-0.2, -0.15) is 0 Å². The summed E-state index contributed by atoms with van der Waals surface area (Å²) in [4.78, 5) is 0. The number of ether oxygens (including phenoxy) is 2. The quantitative estimate of drug-likeness (QED) is 0.755. The summed E-state index contributed by atoms with van der Waals surface area (Å²) in [6.45, 7) is 4.11. The Labute approximate surface area is 125 Å². The Morgan fingerprint density at radius 1 is 1.38 bits per heavy atom. The smallest absolute Gasteiger partial charge is 0.250 e. The van der Waals surface area contributed by atoms with Crippen molar-refractivity contribution in [1.82, 2.24) is 0 Å². The predicted octanol–water partition coefficient (Wildman–Crippen LogP) is 3.34. The molecule has 0 saturated heterocycles. The van der Waals surface area contributed by atoms with Gasteiger partial charge in [-0.15, -0.1) is 0 Å². The third-order valence-corrected chi connectivity index (χ3v) is 3.64. The minimum absolute atomic E-state index is 0.0412. The Hall–Kier alpha value is -0.780. The molecule has 122 valence electrons. The molecular weight excluding hydrogens is 278 g/mol. The van der Waals surface area contributed by atoms with Crippen LogP contribution in [0, 0.1) is 5.92 Å². The molecule has 0 saturated carbocycles. The van der Waals surface area contributed by atoms with Crippen LogP contribution in [0.5, 0.6) is 0 Å². The molecular formula is C16H26F2O3. The number of hydrogen-bond donors (Lipinski definition) is 1. The molecule has 21 heavy (non-hydrogen) atoms. The number of allylic oxidation sites excluding steroid dienone is 1. The number of hydrogen-bond acceptors (Lipinski definition) is 3. The molecule has 3 nitrogen and oxygen atoms in total. The molecule has 0 aromatic carbocycles. The molecule has 3 atom stereocenters. The molecule has 1 rings (SSSR count). The molecule has 5 heteroatoms. The van der Waals surface area contributed by atoms with Crippen molar-refractivity contribution in [3.05, 3.63) is 23.8 Å². The second kappa shape index (κ2) is 8.61. The van der Waals surface area contributed by atoms with Crippen LogP contribution in [0.3, 0.4) is 0 Å². The summed E-state index contributed by atoms with van der Waals surface area (Å²) in [5, 5.41) is 10.3. The van der Waals surface area contributed by atoms with E-state index in [-0.39, 0.29) is 31.8 Å². The van der Waals surface area contributed by atoms with Gasteiger partial charge in [-0.1, -0.05) is 30.7 Å². The lowest BCUT2D eigenvalue weighted by atomic mass is 9.96. The second-order valence-electron chi connectivity index (χ2n) is 5.69. The predicted molar refractivity (Wildman–Crippen MR) is 78.5 cm³/mol. The summed E-state index contributed by atoms with van der Waals surface area (Å²) in [5.41, 5.74) is 0.917. The highest BCUT2D eigenvalue weighted by molar-refractivity contribution is 5.05. The summed E-state index contributed by atoms with van der Waals surface area (Å²) < 4.78 is 37.7. The summed E-state index contributed by atoms with van der Waals surface area (Å²) in [5.74, 6) is -2.83. The normalized spacial score (nSPS) is 36.3. The Morgan fingerprint density at radius 2 is 2.10 bits per heavy atom. The van der Waals surface area contributed by atoms with Crippen LogP contribution < -0.4 is 0 Å². The lowest BCUT2D eigenvalue weighted by Gasteiger charge is -2.23. The zero-order valence-corrected chi connectivity index (χ0v) is 13.0. The van der Waals surface area contributed by atoms with Gasteiger partial charge in [-0.25, -0.2) is 8.78 Å². The molecule has 0 unspecified atom stereocenters. The van der Waals surface area contributed by atoms with E-state index in [0.717, 1.165) is 5.57 Å². The third-order valence-electron chi connectivity index (χ3n) is 3.64. The van der Waals surface area contributed by atoms with E-state index in [1.165, 1.54) is 7.11 Å². The van der Waals surface area contributed by atoms with Crippen LogP contribution in [0.2, 0.25) is 0 Å². The van der Waals surface area contributed by atoms with E-state index in [9.17, 15) is 13.9 Å². The lowest BCUT2D eigenvalue weighted by molar-refractivity contribution is -0.0374. The third kappa shape index (κ3) is 6.68. The van der Waals surface area contributed by atoms with Gasteiger partial charge in [0.1, 0.15) is 6.10 Å². The van der Waals surface area contributed by atoms with E-state index in [1.807, 2.05) is 19.9 Å². The first-order valence-electron chi connectivity index (χ1n) is 7.36. The molecule has 1 aliphatic rings. The van der Waals surface area contributed by atoms with Gasteiger partial charge < -0.3 is 14.6 Å². The van der Waals surface area contributed by atoms with E-state index in [2.05, 4.69) is 0 Å². The zero-order chi connectivity index (χ0) is 15.9. The standard InChI is InChI=1S/C16H26F2O3/c1-12-10-13(2)15(19)14(20-3)6-4-5-7-16(17,18)8-9-21-11-12/h4,6,10,13-15,19H,5,7-9,11H2,1-3H3/b6-4+,12-10-/t13-,14+,15+/m1/s1. The highest BCUT2D eigenvalue weighted by Crippen LogP contribution is 2.25. The van der Waals surface area contributed by atoms with E-state index < -0.39 is 18.1 Å². The summed E-state index contributed by atoms with van der Waals surface area (Å²) in [6, 6.07) is 0. The van der Waals surface area contributed by atoms with E-state index in [4.69, 9.17) is 9.47 Å². The van der Waals surface area contributed by atoms with Crippen LogP contribution in [0.15, 0.2) is 23.8 Å². The molecule has 0 aromatic heterocycles. The molecule has 1 aliphatic heterocycles. The van der Waals surface area contributed by atoms with Crippen LogP contribution in [-0.4, -0.2) is 43.6 Å². The average molecular weight is 304 g/mol. The fraction of sp³-hybridized carbons (Fsp3) is 0.750. The number of aliphatic hydroxyl groups excluding tert-OH is 1. The molecule has 0 spiro atoms. The van der Waals surface area contributed by atoms with Gasteiger partial charge in [-0.05, 0) is 13.3 Å². The SMILES string of the molecule is CO[C@H]1/C=C/CCC(F)(F)CCOC/C(C)=C\[C@@H](C)[C@@H]1O. The van der Waals surface area contributed by atoms with Gasteiger partial charge >= 0.3 is 0 Å². The van der Waals surface area contributed by atoms with Crippen LogP contribution in [0.25, 0.3) is 0 Å². The summed E-state index contributed by atoms with van der Waals surface area (Å²) in [6.07, 6.45) is 3.77. The fourth-order valence-electron chi connectivity index (χ4n) is 2.33. The van der Waals surface area contributed by atoms with Crippen molar-refractivity contribution >= 4 is 0 Å². The Morgan fingerprint density at radius 3 is 2.76 bits per heavy atom. The zero-order valence-electron chi connectivity index (χ0n) is 13.0. The fourth-order valence-corrected chi connectivity index (χ4v) is 2.33. The minimum atomic E-state index is -2.72.